The van der Waals surface area contributed by atoms with Gasteiger partial charge < -0.3 is 10.2 Å². The number of rotatable bonds is 4. The monoisotopic (exact) mass is 273 g/mol. The third-order valence-electron chi connectivity index (χ3n) is 4.54. The summed E-state index contributed by atoms with van der Waals surface area (Å²) in [6.45, 7) is 2.98. The van der Waals surface area contributed by atoms with Gasteiger partial charge in [0.25, 0.3) is 0 Å². The molecule has 2 aromatic rings. The number of nitrogens with one attached hydrogen (secondary N) is 1. The summed E-state index contributed by atoms with van der Waals surface area (Å²) < 4.78 is 1.84. The molecule has 0 saturated heterocycles. The maximum Gasteiger partial charge on any atom is 0.243 e. The second-order valence-electron chi connectivity index (χ2n) is 6.12. The average Bonchev–Trinajstić information content (AvgIpc) is 3.02. The maximum atomic E-state index is 4.53. The summed E-state index contributed by atoms with van der Waals surface area (Å²) >= 11 is 0. The highest BCUT2D eigenvalue weighted by Crippen LogP contribution is 2.33. The van der Waals surface area contributed by atoms with Crippen molar-refractivity contribution in [1.82, 2.24) is 19.5 Å². The van der Waals surface area contributed by atoms with Crippen LogP contribution in [0.25, 0.3) is 5.65 Å². The first-order chi connectivity index (χ1) is 9.59. The normalized spacial score (nSPS) is 18.0. The second-order valence-corrected chi connectivity index (χ2v) is 6.12. The predicted octanol–water partition coefficient (Wildman–Crippen LogP) is 2.32. The lowest BCUT2D eigenvalue weighted by Gasteiger charge is -2.36. The molecule has 1 N–H and O–H groups in total. The Labute approximate surface area is 120 Å². The minimum atomic E-state index is 0.257. The van der Waals surface area contributed by atoms with Crippen molar-refractivity contribution in [3.63, 3.8) is 0 Å². The molecule has 0 amide bonds. The van der Waals surface area contributed by atoms with Gasteiger partial charge >= 0.3 is 0 Å². The van der Waals surface area contributed by atoms with E-state index in [1.807, 2.05) is 16.8 Å². The van der Waals surface area contributed by atoms with Gasteiger partial charge in [-0.1, -0.05) is 18.9 Å². The van der Waals surface area contributed by atoms with Gasteiger partial charge in [0.15, 0.2) is 5.65 Å². The van der Waals surface area contributed by atoms with Gasteiger partial charge in [-0.25, -0.2) is 4.52 Å². The second kappa shape index (κ2) is 5.05. The molecule has 0 atom stereocenters. The van der Waals surface area contributed by atoms with Crippen molar-refractivity contribution >= 4 is 11.6 Å². The van der Waals surface area contributed by atoms with Crippen molar-refractivity contribution in [1.29, 1.82) is 0 Å². The molecule has 0 spiro atoms. The van der Waals surface area contributed by atoms with E-state index in [2.05, 4.69) is 47.4 Å². The zero-order valence-electron chi connectivity index (χ0n) is 12.6. The van der Waals surface area contributed by atoms with E-state index in [4.69, 9.17) is 0 Å². The molecule has 1 fully saturated rings. The van der Waals surface area contributed by atoms with Crippen LogP contribution in [0, 0.1) is 6.92 Å². The largest absolute Gasteiger partial charge is 0.351 e. The van der Waals surface area contributed by atoms with Crippen molar-refractivity contribution < 1.29 is 0 Å². The van der Waals surface area contributed by atoms with E-state index in [1.165, 1.54) is 31.2 Å². The number of fused-ring (bicyclic) bond motifs is 1. The molecule has 5 nitrogen and oxygen atoms in total. The molecule has 20 heavy (non-hydrogen) atoms. The summed E-state index contributed by atoms with van der Waals surface area (Å²) in [7, 11) is 4.35. The van der Waals surface area contributed by atoms with Crippen LogP contribution >= 0.6 is 0 Å². The van der Waals surface area contributed by atoms with Gasteiger partial charge in [0.05, 0.1) is 0 Å². The lowest BCUT2D eigenvalue weighted by molar-refractivity contribution is 0.172. The van der Waals surface area contributed by atoms with Crippen LogP contribution < -0.4 is 5.32 Å². The molecule has 1 aliphatic carbocycles. The van der Waals surface area contributed by atoms with Gasteiger partial charge in [-0.2, -0.15) is 4.98 Å². The molecule has 1 saturated carbocycles. The Morgan fingerprint density at radius 2 is 2.05 bits per heavy atom. The molecule has 0 aliphatic heterocycles. The van der Waals surface area contributed by atoms with Crippen molar-refractivity contribution in [3.8, 4) is 0 Å². The highest BCUT2D eigenvalue weighted by molar-refractivity contribution is 5.44. The van der Waals surface area contributed by atoms with Crippen molar-refractivity contribution in [3.05, 3.63) is 23.9 Å². The quantitative estimate of drug-likeness (QED) is 0.928. The minimum absolute atomic E-state index is 0.257. The number of hydrogen-bond donors (Lipinski definition) is 1. The zero-order chi connectivity index (χ0) is 14.2. The van der Waals surface area contributed by atoms with E-state index in [0.29, 0.717) is 0 Å². The molecule has 0 bridgehead atoms. The van der Waals surface area contributed by atoms with E-state index < -0.39 is 0 Å². The predicted molar refractivity (Wildman–Crippen MR) is 81.1 cm³/mol. The third kappa shape index (κ3) is 2.38. The Morgan fingerprint density at radius 3 is 2.75 bits per heavy atom. The summed E-state index contributed by atoms with van der Waals surface area (Å²) in [6, 6.07) is 4.07. The van der Waals surface area contributed by atoms with E-state index in [1.54, 1.807) is 0 Å². The highest BCUT2D eigenvalue weighted by atomic mass is 15.3. The number of aryl methyl sites for hydroxylation is 1. The maximum absolute atomic E-state index is 4.53. The molecule has 0 radical (unpaired) electrons. The van der Waals surface area contributed by atoms with Gasteiger partial charge in [0, 0.05) is 18.3 Å². The van der Waals surface area contributed by atoms with Crippen LogP contribution in [0.3, 0.4) is 0 Å². The number of aromatic nitrogens is 3. The number of hydrogen-bond acceptors (Lipinski definition) is 4. The SMILES string of the molecule is Cc1ccc2nc(NCC3(N(C)C)CCCC3)nn2c1. The highest BCUT2D eigenvalue weighted by Gasteiger charge is 2.35. The molecule has 0 aromatic carbocycles. The first-order valence-electron chi connectivity index (χ1n) is 7.33. The van der Waals surface area contributed by atoms with E-state index >= 15 is 0 Å². The fraction of sp³-hybridized carbons (Fsp3) is 0.600. The van der Waals surface area contributed by atoms with Crippen LogP contribution in [-0.2, 0) is 0 Å². The molecule has 0 unspecified atom stereocenters. The Bertz CT molecular complexity index is 595. The first kappa shape index (κ1) is 13.4. The third-order valence-corrected chi connectivity index (χ3v) is 4.54. The summed E-state index contributed by atoms with van der Waals surface area (Å²) in [6.07, 6.45) is 7.14. The first-order valence-corrected chi connectivity index (χ1v) is 7.33. The topological polar surface area (TPSA) is 45.5 Å². The number of nitrogens with zero attached hydrogens (tertiary/aromatic N) is 4. The molecular formula is C15H23N5. The van der Waals surface area contributed by atoms with E-state index in [9.17, 15) is 0 Å². The number of likely N-dealkylation sites (N-methyl/N-ethyl adjacent to an activating group) is 1. The van der Waals surface area contributed by atoms with Crippen LogP contribution in [0.4, 0.5) is 5.95 Å². The molecular weight excluding hydrogens is 250 g/mol. The van der Waals surface area contributed by atoms with Crippen molar-refractivity contribution in [2.75, 3.05) is 26.0 Å². The fourth-order valence-corrected chi connectivity index (χ4v) is 3.12. The van der Waals surface area contributed by atoms with Gasteiger partial charge in [-0.15, -0.1) is 5.10 Å². The molecule has 2 heterocycles. The molecule has 3 rings (SSSR count). The Balaban J connectivity index is 1.76. The molecule has 5 heteroatoms. The zero-order valence-corrected chi connectivity index (χ0v) is 12.6. The van der Waals surface area contributed by atoms with E-state index in [0.717, 1.165) is 18.1 Å². The molecule has 2 aromatic heterocycles. The molecule has 1 aliphatic rings. The van der Waals surface area contributed by atoms with Crippen LogP contribution in [0.1, 0.15) is 31.2 Å². The lowest BCUT2D eigenvalue weighted by atomic mass is 9.96. The smallest absolute Gasteiger partial charge is 0.243 e. The van der Waals surface area contributed by atoms with Crippen molar-refractivity contribution in [2.24, 2.45) is 0 Å². The van der Waals surface area contributed by atoms with Crippen LogP contribution in [0.2, 0.25) is 0 Å². The summed E-state index contributed by atoms with van der Waals surface area (Å²) in [5.41, 5.74) is 2.34. The Morgan fingerprint density at radius 1 is 1.30 bits per heavy atom. The van der Waals surface area contributed by atoms with Crippen LogP contribution in [0.15, 0.2) is 18.3 Å². The number of anilines is 1. The summed E-state index contributed by atoms with van der Waals surface area (Å²) in [4.78, 5) is 6.88. The fourth-order valence-electron chi connectivity index (χ4n) is 3.12. The summed E-state index contributed by atoms with van der Waals surface area (Å²) in [5, 5.41) is 7.93. The number of pyridine rings is 1. The lowest BCUT2D eigenvalue weighted by Crippen LogP contribution is -2.47. The van der Waals surface area contributed by atoms with Crippen LogP contribution in [0.5, 0.6) is 0 Å². The molecule has 108 valence electrons. The van der Waals surface area contributed by atoms with Crippen molar-refractivity contribution in [2.45, 2.75) is 38.1 Å². The van der Waals surface area contributed by atoms with Crippen LogP contribution in [-0.4, -0.2) is 45.7 Å². The Kier molecular flexibility index (Phi) is 3.38. The van der Waals surface area contributed by atoms with Gasteiger partial charge in [0.2, 0.25) is 5.95 Å². The minimum Gasteiger partial charge on any atom is -0.351 e. The van der Waals surface area contributed by atoms with E-state index in [-0.39, 0.29) is 5.54 Å². The summed E-state index contributed by atoms with van der Waals surface area (Å²) in [5.74, 6) is 0.726. The standard InChI is InChI=1S/C15H23N5/c1-12-6-7-13-17-14(18-20(13)10-12)16-11-15(19(2)3)8-4-5-9-15/h6-7,10H,4-5,8-9,11H2,1-3H3,(H,16,18). The Hall–Kier alpha value is -1.62. The van der Waals surface area contributed by atoms with Gasteiger partial charge in [-0.3, -0.25) is 0 Å². The van der Waals surface area contributed by atoms with Gasteiger partial charge in [-0.05, 0) is 45.5 Å². The van der Waals surface area contributed by atoms with Gasteiger partial charge in [0.1, 0.15) is 0 Å². The average molecular weight is 273 g/mol.